The van der Waals surface area contributed by atoms with Crippen molar-refractivity contribution < 1.29 is 19.5 Å². The van der Waals surface area contributed by atoms with Crippen LogP contribution in [-0.4, -0.2) is 63.1 Å². The molecule has 2 aromatic rings. The lowest BCUT2D eigenvalue weighted by Crippen LogP contribution is -2.57. The van der Waals surface area contributed by atoms with E-state index in [1.807, 2.05) is 51.1 Å². The Balaban J connectivity index is 1.77. The normalized spacial score (nSPS) is 18.1. The van der Waals surface area contributed by atoms with Crippen LogP contribution in [0, 0.1) is 0 Å². The van der Waals surface area contributed by atoms with Gasteiger partial charge in [0.15, 0.2) is 6.10 Å². The molecule has 1 unspecified atom stereocenters. The highest BCUT2D eigenvalue weighted by molar-refractivity contribution is 7.99. The van der Waals surface area contributed by atoms with Crippen molar-refractivity contribution >= 4 is 40.8 Å². The Labute approximate surface area is 196 Å². The third-order valence-corrected chi connectivity index (χ3v) is 6.84. The number of carbonyl (C=O) groups excluding carboxylic acids is 3. The van der Waals surface area contributed by atoms with E-state index < -0.39 is 29.6 Å². The molecule has 0 aliphatic carbocycles. The summed E-state index contributed by atoms with van der Waals surface area (Å²) in [5, 5.41) is 18.6. The average Bonchev–Trinajstić information content (AvgIpc) is 3.43. The van der Waals surface area contributed by atoms with Gasteiger partial charge in [-0.15, -0.1) is 23.1 Å². The van der Waals surface area contributed by atoms with Crippen LogP contribution in [-0.2, 0) is 16.0 Å². The first-order chi connectivity index (χ1) is 15.2. The quantitative estimate of drug-likeness (QED) is 0.571. The highest BCUT2D eigenvalue weighted by Crippen LogP contribution is 2.24. The van der Waals surface area contributed by atoms with Crippen molar-refractivity contribution in [2.45, 2.75) is 50.9 Å². The molecule has 1 aliphatic heterocycles. The van der Waals surface area contributed by atoms with Crippen LogP contribution < -0.4 is 10.6 Å². The van der Waals surface area contributed by atoms with Gasteiger partial charge in [0.1, 0.15) is 6.04 Å². The van der Waals surface area contributed by atoms with Crippen LogP contribution in [0.3, 0.4) is 0 Å². The summed E-state index contributed by atoms with van der Waals surface area (Å²) in [5.41, 5.74) is 0.455. The summed E-state index contributed by atoms with van der Waals surface area (Å²) in [7, 11) is 0. The van der Waals surface area contributed by atoms with Gasteiger partial charge in [0.25, 0.3) is 11.8 Å². The van der Waals surface area contributed by atoms with E-state index in [1.54, 1.807) is 17.5 Å². The van der Waals surface area contributed by atoms with Gasteiger partial charge in [-0.1, -0.05) is 36.4 Å². The van der Waals surface area contributed by atoms with E-state index in [-0.39, 0.29) is 18.2 Å². The average molecular weight is 476 g/mol. The van der Waals surface area contributed by atoms with Gasteiger partial charge in [0, 0.05) is 11.3 Å². The second-order valence-electron chi connectivity index (χ2n) is 8.75. The van der Waals surface area contributed by atoms with Crippen molar-refractivity contribution in [2.24, 2.45) is 0 Å². The number of aliphatic hydroxyl groups excluding tert-OH is 1. The Bertz CT molecular complexity index is 928. The fourth-order valence-electron chi connectivity index (χ4n) is 3.43. The minimum atomic E-state index is -1.48. The van der Waals surface area contributed by atoms with Crippen molar-refractivity contribution in [2.75, 3.05) is 11.6 Å². The minimum Gasteiger partial charge on any atom is -0.381 e. The molecule has 7 nitrogen and oxygen atoms in total. The summed E-state index contributed by atoms with van der Waals surface area (Å²) in [6.45, 7) is 5.64. The molecular formula is C23H29N3O4S2. The minimum absolute atomic E-state index is 0.245. The molecule has 3 N–H and O–H groups in total. The Hall–Kier alpha value is -2.36. The standard InChI is InChI=1S/C23H29N3O4S2/c1-23(2,3)25-20(28)17-13-31-14-26(17)22(30)19(27)16(12-15-8-5-4-6-9-15)24-21(29)18-10-7-11-32-18/h4-11,16-17,19,27H,12-14H2,1-3H3,(H,24,29)(H,25,28)/t16-,17?,19-/m0/s1. The van der Waals surface area contributed by atoms with Crippen LogP contribution in [0.1, 0.15) is 36.0 Å². The molecule has 1 aromatic heterocycles. The molecule has 32 heavy (non-hydrogen) atoms. The zero-order chi connectivity index (χ0) is 23.3. The highest BCUT2D eigenvalue weighted by atomic mass is 32.2. The van der Waals surface area contributed by atoms with Gasteiger partial charge in [-0.3, -0.25) is 14.4 Å². The summed E-state index contributed by atoms with van der Waals surface area (Å²) >= 11 is 2.75. The Morgan fingerprint density at radius 2 is 1.88 bits per heavy atom. The predicted molar refractivity (Wildman–Crippen MR) is 128 cm³/mol. The van der Waals surface area contributed by atoms with Gasteiger partial charge in [-0.05, 0) is 44.2 Å². The van der Waals surface area contributed by atoms with Crippen LogP contribution in [0.4, 0.5) is 0 Å². The van der Waals surface area contributed by atoms with Gasteiger partial charge >= 0.3 is 0 Å². The van der Waals surface area contributed by atoms with Gasteiger partial charge in [0.2, 0.25) is 5.91 Å². The van der Waals surface area contributed by atoms with Gasteiger partial charge in [0.05, 0.1) is 16.8 Å². The second kappa shape index (κ2) is 10.5. The Morgan fingerprint density at radius 1 is 1.16 bits per heavy atom. The lowest BCUT2D eigenvalue weighted by atomic mass is 9.99. The number of thiophene rings is 1. The van der Waals surface area contributed by atoms with E-state index in [9.17, 15) is 19.5 Å². The predicted octanol–water partition coefficient (Wildman–Crippen LogP) is 2.27. The summed E-state index contributed by atoms with van der Waals surface area (Å²) in [6, 6.07) is 11.3. The Kier molecular flexibility index (Phi) is 7.97. The monoisotopic (exact) mass is 475 g/mol. The largest absolute Gasteiger partial charge is 0.381 e. The first kappa shape index (κ1) is 24.3. The number of aliphatic hydroxyl groups is 1. The number of carbonyl (C=O) groups is 3. The zero-order valence-corrected chi connectivity index (χ0v) is 20.0. The molecule has 0 spiro atoms. The van der Waals surface area contributed by atoms with Crippen LogP contribution in [0.25, 0.3) is 0 Å². The van der Waals surface area contributed by atoms with Crippen LogP contribution >= 0.6 is 23.1 Å². The first-order valence-electron chi connectivity index (χ1n) is 10.4. The molecule has 0 bridgehead atoms. The van der Waals surface area contributed by atoms with Gasteiger partial charge < -0.3 is 20.6 Å². The molecule has 2 heterocycles. The first-order valence-corrected chi connectivity index (χ1v) is 12.5. The third-order valence-electron chi connectivity index (χ3n) is 4.96. The summed E-state index contributed by atoms with van der Waals surface area (Å²) < 4.78 is 0. The number of thioether (sulfide) groups is 1. The zero-order valence-electron chi connectivity index (χ0n) is 18.4. The maximum Gasteiger partial charge on any atom is 0.261 e. The maximum absolute atomic E-state index is 13.3. The van der Waals surface area contributed by atoms with Gasteiger partial charge in [-0.25, -0.2) is 0 Å². The molecule has 3 rings (SSSR count). The van der Waals surface area contributed by atoms with E-state index in [2.05, 4.69) is 10.6 Å². The molecule has 1 aromatic carbocycles. The number of rotatable bonds is 7. The summed E-state index contributed by atoms with van der Waals surface area (Å²) in [4.78, 5) is 40.6. The molecule has 1 aliphatic rings. The summed E-state index contributed by atoms with van der Waals surface area (Å²) in [5.74, 6) is -0.368. The van der Waals surface area contributed by atoms with Gasteiger partial charge in [-0.2, -0.15) is 0 Å². The van der Waals surface area contributed by atoms with Crippen molar-refractivity contribution in [1.29, 1.82) is 0 Å². The molecule has 0 saturated carbocycles. The van der Waals surface area contributed by atoms with Crippen LogP contribution in [0.15, 0.2) is 47.8 Å². The highest BCUT2D eigenvalue weighted by Gasteiger charge is 2.40. The molecule has 3 amide bonds. The van der Waals surface area contributed by atoms with E-state index in [0.717, 1.165) is 5.56 Å². The lowest BCUT2D eigenvalue weighted by Gasteiger charge is -2.31. The number of benzene rings is 1. The van der Waals surface area contributed by atoms with Crippen LogP contribution in [0.5, 0.6) is 0 Å². The van der Waals surface area contributed by atoms with Crippen molar-refractivity contribution in [3.8, 4) is 0 Å². The topological polar surface area (TPSA) is 98.7 Å². The van der Waals surface area contributed by atoms with E-state index in [0.29, 0.717) is 16.5 Å². The molecule has 3 atom stereocenters. The fourth-order valence-corrected chi connectivity index (χ4v) is 5.22. The number of nitrogens with one attached hydrogen (secondary N) is 2. The second-order valence-corrected chi connectivity index (χ2v) is 10.7. The smallest absolute Gasteiger partial charge is 0.261 e. The Morgan fingerprint density at radius 3 is 2.50 bits per heavy atom. The summed E-state index contributed by atoms with van der Waals surface area (Å²) in [6.07, 6.45) is -1.20. The SMILES string of the molecule is CC(C)(C)NC(=O)C1CSCN1C(=O)[C@@H](O)[C@H](Cc1ccccc1)NC(=O)c1cccs1. The van der Waals surface area contributed by atoms with E-state index in [4.69, 9.17) is 0 Å². The maximum atomic E-state index is 13.3. The molecule has 1 fully saturated rings. The fraction of sp³-hybridized carbons (Fsp3) is 0.435. The molecule has 1 saturated heterocycles. The van der Waals surface area contributed by atoms with Crippen molar-refractivity contribution in [1.82, 2.24) is 15.5 Å². The number of nitrogens with zero attached hydrogens (tertiary/aromatic N) is 1. The van der Waals surface area contributed by atoms with Crippen molar-refractivity contribution in [3.63, 3.8) is 0 Å². The number of hydrogen-bond acceptors (Lipinski definition) is 6. The lowest BCUT2D eigenvalue weighted by molar-refractivity contribution is -0.146. The molecular weight excluding hydrogens is 446 g/mol. The van der Waals surface area contributed by atoms with E-state index in [1.165, 1.54) is 28.0 Å². The van der Waals surface area contributed by atoms with E-state index >= 15 is 0 Å². The third kappa shape index (κ3) is 6.34. The number of amides is 3. The molecule has 9 heteroatoms. The molecule has 172 valence electrons. The molecule has 0 radical (unpaired) electrons. The number of hydrogen-bond donors (Lipinski definition) is 3. The van der Waals surface area contributed by atoms with Crippen LogP contribution in [0.2, 0.25) is 0 Å². The van der Waals surface area contributed by atoms with Crippen molar-refractivity contribution in [3.05, 3.63) is 58.3 Å².